The summed E-state index contributed by atoms with van der Waals surface area (Å²) in [5.41, 5.74) is 0.695. The lowest BCUT2D eigenvalue weighted by Gasteiger charge is -2.29. The first kappa shape index (κ1) is 8.93. The maximum Gasteiger partial charge on any atom is 0.375 e. The molecule has 0 saturated heterocycles. The number of rotatable bonds is 1. The van der Waals surface area contributed by atoms with Gasteiger partial charge in [-0.1, -0.05) is 0 Å². The topological polar surface area (TPSA) is 62.9 Å². The van der Waals surface area contributed by atoms with Crippen LogP contribution in [-0.4, -0.2) is 30.8 Å². The molecule has 0 radical (unpaired) electrons. The number of ether oxygens (including phenoxy) is 1. The second-order valence-electron chi connectivity index (χ2n) is 3.39. The van der Waals surface area contributed by atoms with Crippen LogP contribution in [-0.2, 0) is 0 Å². The minimum atomic E-state index is -1.10. The monoisotopic (exact) mass is 197 g/mol. The Kier molecular flexibility index (Phi) is 1.87. The van der Waals surface area contributed by atoms with E-state index in [1.807, 2.05) is 18.9 Å². The lowest BCUT2D eigenvalue weighted by molar-refractivity contribution is 0.0652. The van der Waals surface area contributed by atoms with Crippen molar-refractivity contribution in [1.29, 1.82) is 0 Å². The van der Waals surface area contributed by atoms with E-state index in [4.69, 9.17) is 14.3 Å². The molecule has 0 bridgehead atoms. The van der Waals surface area contributed by atoms with Crippen LogP contribution in [0.2, 0.25) is 0 Å². The molecule has 1 aliphatic heterocycles. The van der Waals surface area contributed by atoms with E-state index < -0.39 is 5.97 Å². The van der Waals surface area contributed by atoms with Crippen LogP contribution in [0.4, 0.5) is 5.69 Å². The van der Waals surface area contributed by atoms with Gasteiger partial charge in [-0.2, -0.15) is 0 Å². The standard InChI is InChI=1S/C9H11NO4/c1-5-3-10(2)6-4-13-8(9(11)12)7(6)14-5/h4-5H,3H2,1-2H3,(H,11,12). The second kappa shape index (κ2) is 2.94. The number of likely N-dealkylation sites (N-methyl/N-ethyl adjacent to an activating group) is 1. The van der Waals surface area contributed by atoms with Gasteiger partial charge in [0.25, 0.3) is 5.76 Å². The van der Waals surface area contributed by atoms with E-state index in [0.29, 0.717) is 11.4 Å². The van der Waals surface area contributed by atoms with Crippen LogP contribution in [0.15, 0.2) is 10.7 Å². The van der Waals surface area contributed by atoms with Crippen molar-refractivity contribution in [2.45, 2.75) is 13.0 Å². The van der Waals surface area contributed by atoms with Gasteiger partial charge in [0.2, 0.25) is 0 Å². The van der Waals surface area contributed by atoms with E-state index in [-0.39, 0.29) is 11.9 Å². The number of carboxylic acid groups (broad SMARTS) is 1. The van der Waals surface area contributed by atoms with Crippen molar-refractivity contribution in [3.8, 4) is 5.75 Å². The lowest BCUT2D eigenvalue weighted by Crippen LogP contribution is -2.35. The average molecular weight is 197 g/mol. The molecule has 1 N–H and O–H groups in total. The summed E-state index contributed by atoms with van der Waals surface area (Å²) in [7, 11) is 1.87. The first-order chi connectivity index (χ1) is 6.59. The van der Waals surface area contributed by atoms with Crippen LogP contribution in [0.1, 0.15) is 17.5 Å². The zero-order valence-corrected chi connectivity index (χ0v) is 7.98. The van der Waals surface area contributed by atoms with Gasteiger partial charge in [0.15, 0.2) is 5.75 Å². The maximum absolute atomic E-state index is 10.8. The first-order valence-corrected chi connectivity index (χ1v) is 4.32. The number of aromatic carboxylic acids is 1. The fourth-order valence-corrected chi connectivity index (χ4v) is 1.59. The van der Waals surface area contributed by atoms with Gasteiger partial charge in [-0.15, -0.1) is 0 Å². The Balaban J connectivity index is 2.46. The molecule has 1 aromatic heterocycles. The summed E-state index contributed by atoms with van der Waals surface area (Å²) in [5, 5.41) is 8.81. The fourth-order valence-electron chi connectivity index (χ4n) is 1.59. The van der Waals surface area contributed by atoms with E-state index in [0.717, 1.165) is 6.54 Å². The summed E-state index contributed by atoms with van der Waals surface area (Å²) in [6.07, 6.45) is 1.38. The summed E-state index contributed by atoms with van der Waals surface area (Å²) in [6.45, 7) is 2.61. The zero-order valence-electron chi connectivity index (χ0n) is 7.98. The quantitative estimate of drug-likeness (QED) is 0.732. The number of anilines is 1. The summed E-state index contributed by atoms with van der Waals surface area (Å²) in [4.78, 5) is 12.7. The van der Waals surface area contributed by atoms with Gasteiger partial charge in [0, 0.05) is 7.05 Å². The number of carbonyl (C=O) groups is 1. The van der Waals surface area contributed by atoms with E-state index in [9.17, 15) is 4.79 Å². The molecule has 1 aromatic rings. The Morgan fingerprint density at radius 3 is 3.07 bits per heavy atom. The van der Waals surface area contributed by atoms with Crippen molar-refractivity contribution in [1.82, 2.24) is 0 Å². The predicted molar refractivity (Wildman–Crippen MR) is 49.0 cm³/mol. The highest BCUT2D eigenvalue weighted by atomic mass is 16.5. The first-order valence-electron chi connectivity index (χ1n) is 4.32. The Bertz CT molecular complexity index is 371. The molecule has 2 heterocycles. The summed E-state index contributed by atoms with van der Waals surface area (Å²) in [6, 6.07) is 0. The second-order valence-corrected chi connectivity index (χ2v) is 3.39. The van der Waals surface area contributed by atoms with Gasteiger partial charge in [-0.25, -0.2) is 4.79 Å². The number of nitrogens with zero attached hydrogens (tertiary/aromatic N) is 1. The normalized spacial score (nSPS) is 20.1. The maximum atomic E-state index is 10.8. The van der Waals surface area contributed by atoms with Crippen molar-refractivity contribution in [2.24, 2.45) is 0 Å². The van der Waals surface area contributed by atoms with Crippen molar-refractivity contribution in [3.63, 3.8) is 0 Å². The molecular formula is C9H11NO4. The molecule has 1 atom stereocenters. The van der Waals surface area contributed by atoms with Gasteiger partial charge in [-0.3, -0.25) is 0 Å². The third-order valence-corrected chi connectivity index (χ3v) is 2.18. The molecule has 0 aliphatic carbocycles. The molecule has 1 aliphatic rings. The molecule has 0 saturated carbocycles. The molecule has 2 rings (SSSR count). The largest absolute Gasteiger partial charge is 0.483 e. The molecule has 5 heteroatoms. The highest BCUT2D eigenvalue weighted by Crippen LogP contribution is 2.37. The average Bonchev–Trinajstić information content (AvgIpc) is 2.47. The van der Waals surface area contributed by atoms with Crippen molar-refractivity contribution in [2.75, 3.05) is 18.5 Å². The minimum absolute atomic E-state index is 0.0248. The van der Waals surface area contributed by atoms with Gasteiger partial charge >= 0.3 is 5.97 Å². The third kappa shape index (κ3) is 1.21. The Hall–Kier alpha value is -1.65. The third-order valence-electron chi connectivity index (χ3n) is 2.18. The summed E-state index contributed by atoms with van der Waals surface area (Å²) >= 11 is 0. The smallest absolute Gasteiger partial charge is 0.375 e. The van der Waals surface area contributed by atoms with Crippen LogP contribution in [0.3, 0.4) is 0 Å². The molecule has 0 spiro atoms. The van der Waals surface area contributed by atoms with Crippen LogP contribution in [0, 0.1) is 0 Å². The SMILES string of the molecule is CC1CN(C)c2coc(C(=O)O)c2O1. The van der Waals surface area contributed by atoms with Crippen LogP contribution in [0.5, 0.6) is 5.75 Å². The van der Waals surface area contributed by atoms with Crippen LogP contribution in [0.25, 0.3) is 0 Å². The Labute approximate surface area is 80.9 Å². The highest BCUT2D eigenvalue weighted by Gasteiger charge is 2.29. The number of hydrogen-bond acceptors (Lipinski definition) is 4. The van der Waals surface area contributed by atoms with Gasteiger partial charge in [0.05, 0.1) is 6.54 Å². The van der Waals surface area contributed by atoms with Gasteiger partial charge in [-0.05, 0) is 6.92 Å². The Morgan fingerprint density at radius 1 is 1.71 bits per heavy atom. The molecule has 76 valence electrons. The Morgan fingerprint density at radius 2 is 2.43 bits per heavy atom. The van der Waals surface area contributed by atoms with Gasteiger partial charge < -0.3 is 19.2 Å². The molecule has 5 nitrogen and oxygen atoms in total. The minimum Gasteiger partial charge on any atom is -0.483 e. The predicted octanol–water partition coefficient (Wildman–Crippen LogP) is 1.19. The van der Waals surface area contributed by atoms with E-state index in [2.05, 4.69) is 0 Å². The van der Waals surface area contributed by atoms with Crippen LogP contribution >= 0.6 is 0 Å². The molecule has 0 amide bonds. The molecule has 14 heavy (non-hydrogen) atoms. The molecule has 0 fully saturated rings. The van der Waals surface area contributed by atoms with Crippen LogP contribution < -0.4 is 9.64 Å². The molecule has 0 aromatic carbocycles. The number of fused-ring (bicyclic) bond motifs is 1. The van der Waals surface area contributed by atoms with E-state index >= 15 is 0 Å². The fraction of sp³-hybridized carbons (Fsp3) is 0.444. The molecular weight excluding hydrogens is 186 g/mol. The summed E-state index contributed by atoms with van der Waals surface area (Å²) in [5.74, 6) is -0.897. The lowest BCUT2D eigenvalue weighted by atomic mass is 10.2. The molecule has 1 unspecified atom stereocenters. The number of hydrogen-bond donors (Lipinski definition) is 1. The summed E-state index contributed by atoms with van der Waals surface area (Å²) < 4.78 is 10.3. The van der Waals surface area contributed by atoms with Crippen molar-refractivity contribution < 1.29 is 19.1 Å². The van der Waals surface area contributed by atoms with E-state index in [1.54, 1.807) is 0 Å². The van der Waals surface area contributed by atoms with Crippen molar-refractivity contribution in [3.05, 3.63) is 12.0 Å². The van der Waals surface area contributed by atoms with E-state index in [1.165, 1.54) is 6.26 Å². The van der Waals surface area contributed by atoms with Crippen molar-refractivity contribution >= 4 is 11.7 Å². The van der Waals surface area contributed by atoms with Gasteiger partial charge in [0.1, 0.15) is 18.1 Å². The number of carboxylic acids is 1. The highest BCUT2D eigenvalue weighted by molar-refractivity contribution is 5.90. The zero-order chi connectivity index (χ0) is 10.3. The number of furan rings is 1.